The van der Waals surface area contributed by atoms with Crippen molar-refractivity contribution in [3.05, 3.63) is 58.4 Å². The zero-order valence-electron chi connectivity index (χ0n) is 22.4. The average molecular weight is 551 g/mol. The van der Waals surface area contributed by atoms with Crippen molar-refractivity contribution in [2.75, 3.05) is 19.0 Å². The maximum absolute atomic E-state index is 14.0. The van der Waals surface area contributed by atoms with Crippen molar-refractivity contribution in [3.63, 3.8) is 0 Å². The summed E-state index contributed by atoms with van der Waals surface area (Å²) in [7, 11) is 1.45. The summed E-state index contributed by atoms with van der Waals surface area (Å²) in [5, 5.41) is 13.9. The van der Waals surface area contributed by atoms with Crippen LogP contribution in [0.25, 0.3) is 0 Å². The largest absolute Gasteiger partial charge is 0.495 e. The number of ether oxygens (including phenoxy) is 1. The number of nitrogens with zero attached hydrogens (tertiary/aromatic N) is 1. The van der Waals surface area contributed by atoms with Crippen molar-refractivity contribution in [1.82, 2.24) is 4.90 Å². The summed E-state index contributed by atoms with van der Waals surface area (Å²) in [5.41, 5.74) is -0.281. The van der Waals surface area contributed by atoms with Gasteiger partial charge in [0.05, 0.1) is 36.8 Å². The molecule has 2 aromatic rings. The minimum atomic E-state index is -4.82. The number of anilines is 1. The summed E-state index contributed by atoms with van der Waals surface area (Å²) < 4.78 is 57.9. The summed E-state index contributed by atoms with van der Waals surface area (Å²) in [4.78, 5) is 27.7. The molecule has 0 aromatic heterocycles. The van der Waals surface area contributed by atoms with Crippen molar-refractivity contribution >= 4 is 17.5 Å². The van der Waals surface area contributed by atoms with Gasteiger partial charge in [0.25, 0.3) is 0 Å². The third-order valence-electron chi connectivity index (χ3n) is 7.69. The van der Waals surface area contributed by atoms with Crippen LogP contribution in [0.2, 0.25) is 0 Å². The van der Waals surface area contributed by atoms with E-state index in [1.807, 2.05) is 6.07 Å². The Morgan fingerprint density at radius 3 is 2.54 bits per heavy atom. The highest BCUT2D eigenvalue weighted by atomic mass is 19.4. The average Bonchev–Trinajstić information content (AvgIpc) is 2.82. The number of hydrogen-bond donors (Lipinski definition) is 2. The third-order valence-corrected chi connectivity index (χ3v) is 7.69. The van der Waals surface area contributed by atoms with Crippen LogP contribution >= 0.6 is 0 Å². The molecule has 0 radical (unpaired) electrons. The Morgan fingerprint density at radius 2 is 1.90 bits per heavy atom. The van der Waals surface area contributed by atoms with Gasteiger partial charge in [-0.2, -0.15) is 13.2 Å². The van der Waals surface area contributed by atoms with Crippen LogP contribution in [-0.2, 0) is 35.2 Å². The molecule has 2 aliphatic rings. The Bertz CT molecular complexity index is 1260. The fraction of sp³-hybridized carbons (Fsp3) is 0.517. The number of halogens is 4. The van der Waals surface area contributed by atoms with E-state index in [1.165, 1.54) is 7.11 Å². The first-order valence-electron chi connectivity index (χ1n) is 13.0. The fourth-order valence-corrected chi connectivity index (χ4v) is 5.93. The number of carbonyl (C=O) groups is 2. The number of fused-ring (bicyclic) bond motifs is 1. The Kier molecular flexibility index (Phi) is 7.98. The molecule has 212 valence electrons. The van der Waals surface area contributed by atoms with Crippen LogP contribution in [0, 0.1) is 11.2 Å². The second kappa shape index (κ2) is 10.8. The summed E-state index contributed by atoms with van der Waals surface area (Å²) >= 11 is 0. The van der Waals surface area contributed by atoms with E-state index in [4.69, 9.17) is 4.74 Å². The van der Waals surface area contributed by atoms with E-state index < -0.39 is 29.1 Å². The van der Waals surface area contributed by atoms with Gasteiger partial charge in [0.15, 0.2) is 0 Å². The third kappa shape index (κ3) is 6.72. The van der Waals surface area contributed by atoms with Crippen molar-refractivity contribution in [2.45, 2.75) is 77.1 Å². The summed E-state index contributed by atoms with van der Waals surface area (Å²) in [6, 6.07) is 5.92. The Morgan fingerprint density at radius 1 is 1.15 bits per heavy atom. The lowest BCUT2D eigenvalue weighted by molar-refractivity contribution is -0.141. The van der Waals surface area contributed by atoms with E-state index in [0.717, 1.165) is 30.0 Å². The number of nitrogens with one attached hydrogen (secondary N) is 1. The number of rotatable bonds is 6. The normalized spacial score (nSPS) is 20.8. The van der Waals surface area contributed by atoms with E-state index in [2.05, 4.69) is 19.2 Å². The number of alkyl halides is 3. The fourth-order valence-electron chi connectivity index (χ4n) is 5.93. The Hall–Kier alpha value is -3.14. The van der Waals surface area contributed by atoms with Crippen molar-refractivity contribution in [1.29, 1.82) is 0 Å². The molecule has 0 spiro atoms. The van der Waals surface area contributed by atoms with Crippen molar-refractivity contribution < 1.29 is 37.0 Å². The topological polar surface area (TPSA) is 78.9 Å². The van der Waals surface area contributed by atoms with Gasteiger partial charge in [0, 0.05) is 13.1 Å². The minimum absolute atomic E-state index is 0.0163. The second-order valence-electron chi connectivity index (χ2n) is 11.5. The number of benzene rings is 2. The molecule has 2 aromatic carbocycles. The van der Waals surface area contributed by atoms with Crippen molar-refractivity contribution in [3.8, 4) is 5.75 Å². The predicted octanol–water partition coefficient (Wildman–Crippen LogP) is 5.64. The molecule has 4 rings (SSSR count). The molecule has 1 atom stereocenters. The van der Waals surface area contributed by atoms with E-state index in [-0.39, 0.29) is 29.7 Å². The Balaban J connectivity index is 1.46. The molecule has 0 bridgehead atoms. The molecule has 1 aliphatic carbocycles. The Labute approximate surface area is 225 Å². The molecule has 39 heavy (non-hydrogen) atoms. The van der Waals surface area contributed by atoms with Gasteiger partial charge in [0.2, 0.25) is 11.8 Å². The van der Waals surface area contributed by atoms with Crippen LogP contribution in [-0.4, -0.2) is 41.1 Å². The summed E-state index contributed by atoms with van der Waals surface area (Å²) in [6.45, 7) is 4.92. The number of amides is 2. The zero-order valence-corrected chi connectivity index (χ0v) is 22.4. The smallest absolute Gasteiger partial charge is 0.419 e. The molecule has 0 saturated heterocycles. The molecule has 2 amide bonds. The van der Waals surface area contributed by atoms with Gasteiger partial charge in [-0.3, -0.25) is 9.59 Å². The highest BCUT2D eigenvalue weighted by Crippen LogP contribution is 2.43. The van der Waals surface area contributed by atoms with Crippen LogP contribution in [0.3, 0.4) is 0 Å². The first kappa shape index (κ1) is 28.9. The SMILES string of the molecule is COc1ccc2c(c1NC(=O)Cc1ccc(C(F)(F)F)c(F)c1)CCN(C(=O)CC1(O)CCCC(C)(C)C1)C2. The molecule has 1 unspecified atom stereocenters. The van der Waals surface area contributed by atoms with Crippen LogP contribution in [0.1, 0.15) is 68.2 Å². The zero-order chi connectivity index (χ0) is 28.6. The van der Waals surface area contributed by atoms with Gasteiger partial charge in [-0.1, -0.05) is 32.4 Å². The van der Waals surface area contributed by atoms with E-state index in [1.54, 1.807) is 11.0 Å². The van der Waals surface area contributed by atoms with Crippen LogP contribution in [0.15, 0.2) is 30.3 Å². The highest BCUT2D eigenvalue weighted by Gasteiger charge is 2.41. The van der Waals surface area contributed by atoms with Gasteiger partial charge < -0.3 is 20.1 Å². The van der Waals surface area contributed by atoms with Crippen LogP contribution in [0.5, 0.6) is 5.75 Å². The first-order chi connectivity index (χ1) is 18.2. The molecule has 1 saturated carbocycles. The van der Waals surface area contributed by atoms with Gasteiger partial charge >= 0.3 is 6.18 Å². The quantitative estimate of drug-likeness (QED) is 0.457. The van der Waals surface area contributed by atoms with E-state index in [0.29, 0.717) is 55.9 Å². The summed E-state index contributed by atoms with van der Waals surface area (Å²) in [5.74, 6) is -1.69. The number of hydrogen-bond acceptors (Lipinski definition) is 4. The lowest BCUT2D eigenvalue weighted by atomic mass is 9.68. The highest BCUT2D eigenvalue weighted by molar-refractivity contribution is 5.95. The molecule has 1 aliphatic heterocycles. The van der Waals surface area contributed by atoms with Gasteiger partial charge in [-0.15, -0.1) is 0 Å². The molecule has 10 heteroatoms. The van der Waals surface area contributed by atoms with Crippen LogP contribution in [0.4, 0.5) is 23.2 Å². The standard InChI is InChI=1S/C29H34F4N2O4/c1-27(2)10-4-11-28(38,17-27)15-25(37)35-12-9-20-19(16-35)6-8-23(39-3)26(20)34-24(36)14-18-5-7-21(22(30)13-18)29(31,32)33/h5-8,13,38H,4,9-12,14-17H2,1-3H3,(H,34,36). The van der Waals surface area contributed by atoms with Crippen molar-refractivity contribution in [2.24, 2.45) is 5.41 Å². The van der Waals surface area contributed by atoms with Gasteiger partial charge in [0.1, 0.15) is 11.6 Å². The molecule has 1 heterocycles. The predicted molar refractivity (Wildman–Crippen MR) is 138 cm³/mol. The lowest BCUT2D eigenvalue weighted by Crippen LogP contribution is -2.45. The van der Waals surface area contributed by atoms with Gasteiger partial charge in [-0.25, -0.2) is 4.39 Å². The summed E-state index contributed by atoms with van der Waals surface area (Å²) in [6.07, 6.45) is -1.58. The second-order valence-corrected chi connectivity index (χ2v) is 11.5. The van der Waals surface area contributed by atoms with Gasteiger partial charge in [-0.05, 0) is 66.0 Å². The monoisotopic (exact) mass is 550 g/mol. The lowest BCUT2D eigenvalue weighted by Gasteiger charge is -2.42. The maximum Gasteiger partial charge on any atom is 0.419 e. The number of methoxy groups -OCH3 is 1. The molecule has 2 N–H and O–H groups in total. The first-order valence-corrected chi connectivity index (χ1v) is 13.0. The molecule has 1 fully saturated rings. The molecular weight excluding hydrogens is 516 g/mol. The van der Waals surface area contributed by atoms with E-state index in [9.17, 15) is 32.3 Å². The number of aliphatic hydroxyl groups is 1. The van der Waals surface area contributed by atoms with Crippen LogP contribution < -0.4 is 10.1 Å². The minimum Gasteiger partial charge on any atom is -0.495 e. The van der Waals surface area contributed by atoms with E-state index >= 15 is 0 Å². The molecular formula is C29H34F4N2O4. The maximum atomic E-state index is 14.0. The molecule has 6 nitrogen and oxygen atoms in total. The number of carbonyl (C=O) groups excluding carboxylic acids is 2.